The molecule has 4 heterocycles. The number of rotatable bonds is 1. The molecular formula is C26H21NS3. The summed E-state index contributed by atoms with van der Waals surface area (Å²) in [6.45, 7) is 9.09. The first-order chi connectivity index (χ1) is 14.4. The van der Waals surface area contributed by atoms with E-state index in [1.54, 1.807) is 0 Å². The van der Waals surface area contributed by atoms with E-state index in [1.165, 1.54) is 56.3 Å². The number of hydrogen-bond acceptors (Lipinski definition) is 4. The first kappa shape index (κ1) is 18.5. The molecule has 4 aromatic heterocycles. The van der Waals surface area contributed by atoms with Crippen LogP contribution in [-0.4, -0.2) is 4.98 Å². The molecule has 0 N–H and O–H groups in total. The summed E-state index contributed by atoms with van der Waals surface area (Å²) in [5.41, 5.74) is 3.81. The van der Waals surface area contributed by atoms with Gasteiger partial charge < -0.3 is 0 Å². The Morgan fingerprint density at radius 1 is 0.833 bits per heavy atom. The minimum Gasteiger partial charge on any atom is -0.256 e. The Labute approximate surface area is 187 Å². The molecule has 148 valence electrons. The summed E-state index contributed by atoms with van der Waals surface area (Å²) in [6.07, 6.45) is 1.97. The van der Waals surface area contributed by atoms with Crippen LogP contribution in [0.1, 0.15) is 31.2 Å². The van der Waals surface area contributed by atoms with Gasteiger partial charge in [0.05, 0.1) is 5.69 Å². The zero-order chi connectivity index (χ0) is 20.6. The van der Waals surface area contributed by atoms with E-state index in [1.807, 2.05) is 40.2 Å². The molecule has 4 heteroatoms. The topological polar surface area (TPSA) is 12.9 Å². The van der Waals surface area contributed by atoms with Gasteiger partial charge >= 0.3 is 0 Å². The van der Waals surface area contributed by atoms with Crippen LogP contribution in [-0.2, 0) is 5.41 Å². The largest absolute Gasteiger partial charge is 0.256 e. The molecule has 0 bridgehead atoms. The van der Waals surface area contributed by atoms with Crippen LogP contribution in [0, 0.1) is 6.92 Å². The van der Waals surface area contributed by atoms with Crippen molar-refractivity contribution in [2.75, 3.05) is 0 Å². The summed E-state index contributed by atoms with van der Waals surface area (Å²) < 4.78 is 5.41. The summed E-state index contributed by atoms with van der Waals surface area (Å²) in [6, 6.07) is 16.1. The molecule has 6 rings (SSSR count). The molecule has 0 aliphatic carbocycles. The van der Waals surface area contributed by atoms with E-state index in [2.05, 4.69) is 75.5 Å². The highest BCUT2D eigenvalue weighted by Gasteiger charge is 2.21. The zero-order valence-electron chi connectivity index (χ0n) is 17.4. The van der Waals surface area contributed by atoms with Crippen molar-refractivity contribution in [1.29, 1.82) is 0 Å². The molecule has 0 aliphatic heterocycles. The molecule has 0 radical (unpaired) electrons. The number of aromatic nitrogens is 1. The van der Waals surface area contributed by atoms with E-state index in [0.29, 0.717) is 0 Å². The van der Waals surface area contributed by atoms with Gasteiger partial charge in [-0.3, -0.25) is 4.98 Å². The third kappa shape index (κ3) is 2.74. The summed E-state index contributed by atoms with van der Waals surface area (Å²) in [5, 5.41) is 7.49. The second kappa shape index (κ2) is 6.36. The quantitative estimate of drug-likeness (QED) is 0.247. The molecule has 0 amide bonds. The maximum atomic E-state index is 4.91. The second-order valence-electron chi connectivity index (χ2n) is 8.99. The normalized spacial score (nSPS) is 12.7. The van der Waals surface area contributed by atoms with Crippen LogP contribution in [0.15, 0.2) is 54.0 Å². The molecule has 0 saturated heterocycles. The molecule has 0 aliphatic rings. The number of nitrogens with zero attached hydrogens (tertiary/aromatic N) is 1. The maximum Gasteiger partial charge on any atom is 0.0795 e. The standard InChI is InChI=1S/C26H21NS3/c1-14-9-16-12-22-18(13-21(16)29-14)23-20(30-22)5-7-27-24(23)17-10-15-6-8-28-25(15)19(11-17)26(2,3)4/h5-13H,1-4H3. The molecule has 1 nitrogen and oxygen atoms in total. The van der Waals surface area contributed by atoms with Gasteiger partial charge in [0.2, 0.25) is 0 Å². The Kier molecular flexibility index (Phi) is 3.92. The number of hydrogen-bond donors (Lipinski definition) is 0. The summed E-state index contributed by atoms with van der Waals surface area (Å²) in [7, 11) is 0. The number of pyridine rings is 1. The van der Waals surface area contributed by atoms with Gasteiger partial charge in [-0.15, -0.1) is 34.0 Å². The summed E-state index contributed by atoms with van der Waals surface area (Å²) >= 11 is 5.59. The highest BCUT2D eigenvalue weighted by molar-refractivity contribution is 7.26. The first-order valence-corrected chi connectivity index (χ1v) is 12.6. The third-order valence-corrected chi connectivity index (χ3v) is 8.87. The fraction of sp³-hybridized carbons (Fsp3) is 0.192. The van der Waals surface area contributed by atoms with Gasteiger partial charge in [-0.1, -0.05) is 20.8 Å². The molecule has 0 atom stereocenters. The van der Waals surface area contributed by atoms with Crippen LogP contribution in [0.3, 0.4) is 0 Å². The van der Waals surface area contributed by atoms with Crippen molar-refractivity contribution in [2.45, 2.75) is 33.1 Å². The van der Waals surface area contributed by atoms with Crippen molar-refractivity contribution < 1.29 is 0 Å². The highest BCUT2D eigenvalue weighted by atomic mass is 32.1. The molecule has 0 fully saturated rings. The van der Waals surface area contributed by atoms with Crippen molar-refractivity contribution in [2.24, 2.45) is 0 Å². The van der Waals surface area contributed by atoms with E-state index in [9.17, 15) is 0 Å². The maximum absolute atomic E-state index is 4.91. The Hall–Kier alpha value is -2.27. The number of benzene rings is 2. The van der Waals surface area contributed by atoms with Gasteiger partial charge in [0.15, 0.2) is 0 Å². The van der Waals surface area contributed by atoms with Gasteiger partial charge in [0, 0.05) is 46.2 Å². The average Bonchev–Trinajstić information content (AvgIpc) is 3.39. The second-order valence-corrected chi connectivity index (χ2v) is 12.3. The van der Waals surface area contributed by atoms with Gasteiger partial charge in [0.25, 0.3) is 0 Å². The molecular weight excluding hydrogens is 422 g/mol. The Morgan fingerprint density at radius 3 is 2.53 bits per heavy atom. The summed E-state index contributed by atoms with van der Waals surface area (Å²) in [4.78, 5) is 6.28. The predicted octanol–water partition coefficient (Wildman–Crippen LogP) is 9.15. The fourth-order valence-corrected chi connectivity index (χ4v) is 7.56. The zero-order valence-corrected chi connectivity index (χ0v) is 19.8. The van der Waals surface area contributed by atoms with E-state index in [4.69, 9.17) is 4.98 Å². The van der Waals surface area contributed by atoms with Crippen LogP contribution >= 0.6 is 34.0 Å². The number of fused-ring (bicyclic) bond motifs is 5. The van der Waals surface area contributed by atoms with Crippen molar-refractivity contribution in [1.82, 2.24) is 4.98 Å². The minimum atomic E-state index is 0.0877. The number of aryl methyl sites for hydroxylation is 1. The van der Waals surface area contributed by atoms with Crippen LogP contribution in [0.2, 0.25) is 0 Å². The highest BCUT2D eigenvalue weighted by Crippen LogP contribution is 2.44. The van der Waals surface area contributed by atoms with E-state index >= 15 is 0 Å². The minimum absolute atomic E-state index is 0.0877. The molecule has 0 unspecified atom stereocenters. The predicted molar refractivity (Wildman–Crippen MR) is 137 cm³/mol. The molecule has 2 aromatic carbocycles. The first-order valence-electron chi connectivity index (χ1n) is 10.1. The third-order valence-electron chi connectivity index (χ3n) is 5.78. The van der Waals surface area contributed by atoms with Crippen molar-refractivity contribution >= 4 is 74.4 Å². The Balaban J connectivity index is 1.71. The molecule has 6 aromatic rings. The lowest BCUT2D eigenvalue weighted by atomic mass is 9.85. The van der Waals surface area contributed by atoms with Crippen LogP contribution in [0.25, 0.3) is 51.6 Å². The lowest BCUT2D eigenvalue weighted by Crippen LogP contribution is -2.11. The van der Waals surface area contributed by atoms with E-state index < -0.39 is 0 Å². The van der Waals surface area contributed by atoms with Crippen LogP contribution in [0.5, 0.6) is 0 Å². The smallest absolute Gasteiger partial charge is 0.0795 e. The Bertz CT molecular complexity index is 1590. The Morgan fingerprint density at radius 2 is 1.70 bits per heavy atom. The molecule has 30 heavy (non-hydrogen) atoms. The molecule has 0 saturated carbocycles. The van der Waals surface area contributed by atoms with Crippen LogP contribution in [0.4, 0.5) is 0 Å². The van der Waals surface area contributed by atoms with Gasteiger partial charge in [-0.05, 0) is 76.5 Å². The van der Waals surface area contributed by atoms with Crippen LogP contribution < -0.4 is 0 Å². The monoisotopic (exact) mass is 443 g/mol. The van der Waals surface area contributed by atoms with Crippen molar-refractivity contribution in [3.05, 3.63) is 64.5 Å². The van der Waals surface area contributed by atoms with Crippen molar-refractivity contribution in [3.63, 3.8) is 0 Å². The van der Waals surface area contributed by atoms with Gasteiger partial charge in [0.1, 0.15) is 0 Å². The average molecular weight is 444 g/mol. The lowest BCUT2D eigenvalue weighted by Gasteiger charge is -2.21. The SMILES string of the molecule is Cc1cc2cc3sc4ccnc(-c5cc(C(C)(C)C)c6sccc6c5)c4c3cc2s1. The van der Waals surface area contributed by atoms with Crippen molar-refractivity contribution in [3.8, 4) is 11.3 Å². The lowest BCUT2D eigenvalue weighted by molar-refractivity contribution is 0.597. The van der Waals surface area contributed by atoms with Gasteiger partial charge in [-0.25, -0.2) is 0 Å². The fourth-order valence-electron chi connectivity index (χ4n) is 4.38. The van der Waals surface area contributed by atoms with Gasteiger partial charge in [-0.2, -0.15) is 0 Å². The molecule has 0 spiro atoms. The number of thiophene rings is 3. The summed E-state index contributed by atoms with van der Waals surface area (Å²) in [5.74, 6) is 0. The van der Waals surface area contributed by atoms with E-state index in [-0.39, 0.29) is 5.41 Å². The van der Waals surface area contributed by atoms with E-state index in [0.717, 1.165) is 5.69 Å².